The molecule has 1 N–H and O–H groups in total. The summed E-state index contributed by atoms with van der Waals surface area (Å²) in [5.41, 5.74) is 1.56. The molecule has 2 aromatic rings. The van der Waals surface area contributed by atoms with Gasteiger partial charge in [0, 0.05) is 25.7 Å². The third-order valence-corrected chi connectivity index (χ3v) is 6.37. The van der Waals surface area contributed by atoms with Crippen LogP contribution < -0.4 is 5.32 Å². The summed E-state index contributed by atoms with van der Waals surface area (Å²) in [7, 11) is 0. The zero-order chi connectivity index (χ0) is 26.5. The summed E-state index contributed by atoms with van der Waals surface area (Å²) in [6.07, 6.45) is 3.90. The Morgan fingerprint density at radius 2 is 1.57 bits per heavy atom. The van der Waals surface area contributed by atoms with Gasteiger partial charge >= 0.3 is 12.2 Å². The number of carbonyl (C=O) groups excluding carboxylic acids is 2. The molecule has 1 atom stereocenters. The van der Waals surface area contributed by atoms with E-state index in [1.807, 2.05) is 74.2 Å². The standard InChI is InChI=1S/C30H43N3O4/c1-30(2,3)37-28(34)31-27(23-25-13-6-4-7-14-25)17-12-20-33(22-21-32-18-10-11-19-32)29(35)36-24-26-15-8-5-9-16-26/h4-9,13-16,27H,10-12,17-24H2,1-3H3,(H,31,34). The molecule has 0 aliphatic carbocycles. The van der Waals surface area contributed by atoms with Crippen LogP contribution in [0.25, 0.3) is 0 Å². The fraction of sp³-hybridized carbons (Fsp3) is 0.533. The maximum absolute atomic E-state index is 13.0. The Kier molecular flexibility index (Phi) is 11.3. The first-order valence-corrected chi connectivity index (χ1v) is 13.5. The number of likely N-dealkylation sites (tertiary alicyclic amines) is 1. The van der Waals surface area contributed by atoms with Crippen LogP contribution in [0, 0.1) is 0 Å². The van der Waals surface area contributed by atoms with E-state index in [1.54, 1.807) is 0 Å². The molecule has 1 unspecified atom stereocenters. The summed E-state index contributed by atoms with van der Waals surface area (Å²) >= 11 is 0. The van der Waals surface area contributed by atoms with E-state index in [9.17, 15) is 9.59 Å². The van der Waals surface area contributed by atoms with Crippen molar-refractivity contribution in [3.05, 3.63) is 71.8 Å². The molecule has 0 radical (unpaired) electrons. The number of nitrogens with one attached hydrogen (secondary N) is 1. The molecule has 1 aliphatic heterocycles. The number of benzene rings is 2. The first kappa shape index (κ1) is 28.5. The number of hydrogen-bond acceptors (Lipinski definition) is 5. The van der Waals surface area contributed by atoms with Crippen molar-refractivity contribution in [1.82, 2.24) is 15.1 Å². The second kappa shape index (κ2) is 14.6. The van der Waals surface area contributed by atoms with E-state index in [-0.39, 0.29) is 18.7 Å². The van der Waals surface area contributed by atoms with Gasteiger partial charge < -0.3 is 24.6 Å². The Bertz CT molecular complexity index is 940. The Morgan fingerprint density at radius 3 is 2.19 bits per heavy atom. The lowest BCUT2D eigenvalue weighted by Gasteiger charge is -2.27. The average molecular weight is 510 g/mol. The van der Waals surface area contributed by atoms with Crippen molar-refractivity contribution >= 4 is 12.2 Å². The summed E-state index contributed by atoms with van der Waals surface area (Å²) in [5, 5.41) is 3.04. The highest BCUT2D eigenvalue weighted by Gasteiger charge is 2.22. The largest absolute Gasteiger partial charge is 0.445 e. The lowest BCUT2D eigenvalue weighted by molar-refractivity contribution is 0.0498. The number of nitrogens with zero attached hydrogens (tertiary/aromatic N) is 2. The van der Waals surface area contributed by atoms with Crippen molar-refractivity contribution in [1.29, 1.82) is 0 Å². The number of ether oxygens (including phenoxy) is 2. The Hall–Kier alpha value is -3.06. The number of hydrogen-bond donors (Lipinski definition) is 1. The minimum atomic E-state index is -0.559. The van der Waals surface area contributed by atoms with Crippen LogP contribution in [-0.2, 0) is 22.5 Å². The summed E-state index contributed by atoms with van der Waals surface area (Å²) in [5.74, 6) is 0. The van der Waals surface area contributed by atoms with Crippen molar-refractivity contribution in [2.24, 2.45) is 0 Å². The highest BCUT2D eigenvalue weighted by Crippen LogP contribution is 2.13. The Morgan fingerprint density at radius 1 is 0.946 bits per heavy atom. The van der Waals surface area contributed by atoms with Crippen LogP contribution >= 0.6 is 0 Å². The van der Waals surface area contributed by atoms with E-state index in [0.717, 1.165) is 43.6 Å². The number of carbonyl (C=O) groups is 2. The predicted octanol–water partition coefficient (Wildman–Crippen LogP) is 5.64. The van der Waals surface area contributed by atoms with Crippen molar-refractivity contribution in [3.8, 4) is 0 Å². The van der Waals surface area contributed by atoms with Gasteiger partial charge in [-0.3, -0.25) is 0 Å². The Labute approximate surface area is 222 Å². The summed E-state index contributed by atoms with van der Waals surface area (Å²) < 4.78 is 11.2. The molecule has 1 saturated heterocycles. The van der Waals surface area contributed by atoms with Gasteiger partial charge in [0.15, 0.2) is 0 Å². The van der Waals surface area contributed by atoms with Crippen molar-refractivity contribution < 1.29 is 19.1 Å². The van der Waals surface area contributed by atoms with E-state index in [1.165, 1.54) is 12.8 Å². The minimum absolute atomic E-state index is 0.0991. The zero-order valence-electron chi connectivity index (χ0n) is 22.7. The monoisotopic (exact) mass is 509 g/mol. The van der Waals surface area contributed by atoms with Crippen LogP contribution in [-0.4, -0.2) is 66.4 Å². The summed E-state index contributed by atoms with van der Waals surface area (Å²) in [6, 6.07) is 19.8. The van der Waals surface area contributed by atoms with Gasteiger partial charge in [-0.1, -0.05) is 60.7 Å². The van der Waals surface area contributed by atoms with Gasteiger partial charge in [0.25, 0.3) is 0 Å². The first-order valence-electron chi connectivity index (χ1n) is 13.5. The van der Waals surface area contributed by atoms with E-state index in [0.29, 0.717) is 19.5 Å². The van der Waals surface area contributed by atoms with Gasteiger partial charge in [0.1, 0.15) is 12.2 Å². The lowest BCUT2D eigenvalue weighted by atomic mass is 10.0. The second-order valence-corrected chi connectivity index (χ2v) is 10.8. The number of rotatable bonds is 12. The van der Waals surface area contributed by atoms with Crippen LogP contribution in [0.3, 0.4) is 0 Å². The molecular formula is C30H43N3O4. The van der Waals surface area contributed by atoms with Gasteiger partial charge in [-0.05, 0) is 77.1 Å². The SMILES string of the molecule is CC(C)(C)OC(=O)NC(CCCN(CCN1CCCC1)C(=O)OCc1ccccc1)Cc1ccccc1. The minimum Gasteiger partial charge on any atom is -0.445 e. The van der Waals surface area contributed by atoms with E-state index >= 15 is 0 Å². The third kappa shape index (κ3) is 11.3. The second-order valence-electron chi connectivity index (χ2n) is 10.8. The molecule has 7 nitrogen and oxygen atoms in total. The number of amides is 2. The van der Waals surface area contributed by atoms with Crippen LogP contribution in [0.2, 0.25) is 0 Å². The molecule has 2 amide bonds. The normalized spacial score (nSPS) is 14.7. The predicted molar refractivity (Wildman–Crippen MR) is 146 cm³/mol. The summed E-state index contributed by atoms with van der Waals surface area (Å²) in [4.78, 5) is 29.7. The summed E-state index contributed by atoms with van der Waals surface area (Å²) in [6.45, 7) is 10.1. The Balaban J connectivity index is 1.58. The third-order valence-electron chi connectivity index (χ3n) is 6.37. The molecule has 7 heteroatoms. The van der Waals surface area contributed by atoms with E-state index in [4.69, 9.17) is 9.47 Å². The van der Waals surface area contributed by atoms with E-state index < -0.39 is 11.7 Å². The van der Waals surface area contributed by atoms with Crippen molar-refractivity contribution in [2.45, 2.75) is 71.1 Å². The quantitative estimate of drug-likeness (QED) is 0.401. The van der Waals surface area contributed by atoms with Gasteiger partial charge in [-0.15, -0.1) is 0 Å². The van der Waals surface area contributed by atoms with Crippen LogP contribution in [0.1, 0.15) is 57.6 Å². The van der Waals surface area contributed by atoms with Crippen LogP contribution in [0.4, 0.5) is 9.59 Å². The maximum atomic E-state index is 13.0. The number of alkyl carbamates (subject to hydrolysis) is 1. The van der Waals surface area contributed by atoms with Crippen LogP contribution in [0.15, 0.2) is 60.7 Å². The fourth-order valence-corrected chi connectivity index (χ4v) is 4.50. The smallest absolute Gasteiger partial charge is 0.410 e. The molecule has 2 aromatic carbocycles. The molecular weight excluding hydrogens is 466 g/mol. The molecule has 0 saturated carbocycles. The molecule has 1 heterocycles. The van der Waals surface area contributed by atoms with Gasteiger partial charge in [-0.2, -0.15) is 0 Å². The molecule has 202 valence electrons. The molecule has 37 heavy (non-hydrogen) atoms. The molecule has 3 rings (SSSR count). The van der Waals surface area contributed by atoms with E-state index in [2.05, 4.69) is 22.3 Å². The highest BCUT2D eigenvalue weighted by molar-refractivity contribution is 5.68. The van der Waals surface area contributed by atoms with Crippen molar-refractivity contribution in [3.63, 3.8) is 0 Å². The molecule has 0 bridgehead atoms. The zero-order valence-corrected chi connectivity index (χ0v) is 22.7. The highest BCUT2D eigenvalue weighted by atomic mass is 16.6. The molecule has 1 aliphatic rings. The maximum Gasteiger partial charge on any atom is 0.410 e. The fourth-order valence-electron chi connectivity index (χ4n) is 4.50. The van der Waals surface area contributed by atoms with Crippen molar-refractivity contribution in [2.75, 3.05) is 32.7 Å². The topological polar surface area (TPSA) is 71.1 Å². The average Bonchev–Trinajstić information content (AvgIpc) is 3.38. The van der Waals surface area contributed by atoms with Gasteiger partial charge in [0.2, 0.25) is 0 Å². The first-order chi connectivity index (χ1) is 17.8. The van der Waals surface area contributed by atoms with Gasteiger partial charge in [0.05, 0.1) is 0 Å². The van der Waals surface area contributed by atoms with Crippen LogP contribution in [0.5, 0.6) is 0 Å². The molecule has 1 fully saturated rings. The lowest BCUT2D eigenvalue weighted by Crippen LogP contribution is -2.42. The van der Waals surface area contributed by atoms with Gasteiger partial charge in [-0.25, -0.2) is 9.59 Å². The molecule has 0 spiro atoms. The molecule has 0 aromatic heterocycles.